The van der Waals surface area contributed by atoms with E-state index in [4.69, 9.17) is 4.74 Å². The predicted octanol–water partition coefficient (Wildman–Crippen LogP) is 2.59. The molecule has 1 atom stereocenters. The van der Waals surface area contributed by atoms with Crippen LogP contribution in [0.4, 0.5) is 0 Å². The Kier molecular flexibility index (Phi) is 3.76. The number of hydrogen-bond donors (Lipinski definition) is 0. The second-order valence-corrected chi connectivity index (χ2v) is 4.23. The SMILES string of the molecule is C=C(C#CCBr)CC1(C)OC(C)=CC1=O. The van der Waals surface area contributed by atoms with Gasteiger partial charge in [0.1, 0.15) is 0 Å². The van der Waals surface area contributed by atoms with Crippen molar-refractivity contribution in [3.63, 3.8) is 0 Å². The van der Waals surface area contributed by atoms with E-state index in [-0.39, 0.29) is 5.78 Å². The summed E-state index contributed by atoms with van der Waals surface area (Å²) < 4.78 is 5.48. The minimum absolute atomic E-state index is 0.0122. The van der Waals surface area contributed by atoms with Crippen molar-refractivity contribution < 1.29 is 9.53 Å². The average molecular weight is 269 g/mol. The fourth-order valence-corrected chi connectivity index (χ4v) is 1.65. The first kappa shape index (κ1) is 12.1. The van der Waals surface area contributed by atoms with E-state index in [2.05, 4.69) is 34.3 Å². The van der Waals surface area contributed by atoms with Crippen molar-refractivity contribution in [2.24, 2.45) is 0 Å². The summed E-state index contributed by atoms with van der Waals surface area (Å²) in [7, 11) is 0. The van der Waals surface area contributed by atoms with Gasteiger partial charge in [-0.15, -0.1) is 0 Å². The zero-order valence-electron chi connectivity index (χ0n) is 8.89. The monoisotopic (exact) mass is 268 g/mol. The van der Waals surface area contributed by atoms with Gasteiger partial charge in [0, 0.05) is 12.5 Å². The zero-order valence-corrected chi connectivity index (χ0v) is 10.5. The molecule has 0 amide bonds. The largest absolute Gasteiger partial charge is 0.484 e. The molecule has 0 saturated carbocycles. The topological polar surface area (TPSA) is 26.3 Å². The van der Waals surface area contributed by atoms with E-state index >= 15 is 0 Å². The Morgan fingerprint density at radius 2 is 2.40 bits per heavy atom. The summed E-state index contributed by atoms with van der Waals surface area (Å²) in [5.41, 5.74) is -0.0873. The molecule has 0 N–H and O–H groups in total. The van der Waals surface area contributed by atoms with E-state index in [0.717, 1.165) is 0 Å². The van der Waals surface area contributed by atoms with E-state index in [1.165, 1.54) is 6.08 Å². The lowest BCUT2D eigenvalue weighted by molar-refractivity contribution is -0.128. The standard InChI is InChI=1S/C12H13BrO2/c1-9(5-4-6-13)8-12(3)11(14)7-10(2)15-12/h7H,1,6,8H2,2-3H3. The molecule has 80 valence electrons. The number of ether oxygens (including phenoxy) is 1. The number of rotatable bonds is 2. The van der Waals surface area contributed by atoms with Crippen LogP contribution in [0.1, 0.15) is 20.3 Å². The Morgan fingerprint density at radius 3 is 2.87 bits per heavy atom. The van der Waals surface area contributed by atoms with Crippen molar-refractivity contribution in [1.82, 2.24) is 0 Å². The van der Waals surface area contributed by atoms with Gasteiger partial charge < -0.3 is 4.74 Å². The zero-order chi connectivity index (χ0) is 11.5. The van der Waals surface area contributed by atoms with Gasteiger partial charge in [-0.05, 0) is 19.4 Å². The third kappa shape index (κ3) is 2.97. The maximum Gasteiger partial charge on any atom is 0.202 e. The summed E-state index contributed by atoms with van der Waals surface area (Å²) >= 11 is 3.20. The van der Waals surface area contributed by atoms with Crippen LogP contribution in [0.3, 0.4) is 0 Å². The van der Waals surface area contributed by atoms with Gasteiger partial charge in [-0.3, -0.25) is 4.79 Å². The molecule has 1 aliphatic heterocycles. The van der Waals surface area contributed by atoms with E-state index in [0.29, 0.717) is 23.1 Å². The lowest BCUT2D eigenvalue weighted by Crippen LogP contribution is -2.32. The molecule has 0 aromatic carbocycles. The summed E-state index contributed by atoms with van der Waals surface area (Å²) in [5, 5.41) is 0.606. The summed E-state index contributed by atoms with van der Waals surface area (Å²) in [4.78, 5) is 11.6. The lowest BCUT2D eigenvalue weighted by Gasteiger charge is -2.22. The molecular weight excluding hydrogens is 256 g/mol. The summed E-state index contributed by atoms with van der Waals surface area (Å²) in [6.45, 7) is 7.35. The molecule has 0 aromatic heterocycles. The number of carbonyl (C=O) groups excluding carboxylic acids is 1. The van der Waals surface area contributed by atoms with Gasteiger partial charge in [0.2, 0.25) is 5.78 Å². The van der Waals surface area contributed by atoms with E-state index in [9.17, 15) is 4.79 Å². The second kappa shape index (κ2) is 4.67. The summed E-state index contributed by atoms with van der Waals surface area (Å²) in [5.74, 6) is 6.37. The lowest BCUT2D eigenvalue weighted by atomic mass is 9.94. The minimum atomic E-state index is -0.803. The van der Waals surface area contributed by atoms with Crippen molar-refractivity contribution >= 4 is 21.7 Å². The highest BCUT2D eigenvalue weighted by molar-refractivity contribution is 9.09. The molecule has 0 saturated heterocycles. The Hall–Kier alpha value is -1.01. The van der Waals surface area contributed by atoms with Gasteiger partial charge >= 0.3 is 0 Å². The third-order valence-electron chi connectivity index (χ3n) is 2.12. The highest BCUT2D eigenvalue weighted by Crippen LogP contribution is 2.29. The molecule has 0 bridgehead atoms. The van der Waals surface area contributed by atoms with Gasteiger partial charge in [0.05, 0.1) is 11.1 Å². The smallest absolute Gasteiger partial charge is 0.202 e. The fraction of sp³-hybridized carbons (Fsp3) is 0.417. The molecule has 0 radical (unpaired) electrons. The number of halogens is 1. The first-order valence-electron chi connectivity index (χ1n) is 4.62. The van der Waals surface area contributed by atoms with E-state index in [1.54, 1.807) is 13.8 Å². The summed E-state index contributed by atoms with van der Waals surface area (Å²) in [6.07, 6.45) is 1.96. The van der Waals surface area contributed by atoms with Crippen LogP contribution in [0.2, 0.25) is 0 Å². The maximum absolute atomic E-state index is 11.6. The Balaban J connectivity index is 2.67. The minimum Gasteiger partial charge on any atom is -0.484 e. The highest BCUT2D eigenvalue weighted by Gasteiger charge is 2.38. The van der Waals surface area contributed by atoms with Crippen LogP contribution < -0.4 is 0 Å². The van der Waals surface area contributed by atoms with Gasteiger partial charge in [-0.2, -0.15) is 0 Å². The normalized spacial score (nSPS) is 23.9. The number of alkyl halides is 1. The van der Waals surface area contributed by atoms with Crippen molar-refractivity contribution in [2.75, 3.05) is 5.33 Å². The molecule has 15 heavy (non-hydrogen) atoms. The average Bonchev–Trinajstić information content (AvgIpc) is 2.37. The van der Waals surface area contributed by atoms with Crippen LogP contribution in [-0.2, 0) is 9.53 Å². The van der Waals surface area contributed by atoms with Crippen molar-refractivity contribution in [1.29, 1.82) is 0 Å². The Labute approximate surface area is 98.5 Å². The molecule has 0 fully saturated rings. The predicted molar refractivity (Wildman–Crippen MR) is 63.6 cm³/mol. The van der Waals surface area contributed by atoms with Gasteiger partial charge in [0.15, 0.2) is 5.60 Å². The fourth-order valence-electron chi connectivity index (χ4n) is 1.51. The number of hydrogen-bond acceptors (Lipinski definition) is 2. The summed E-state index contributed by atoms with van der Waals surface area (Å²) in [6, 6.07) is 0. The van der Waals surface area contributed by atoms with Crippen LogP contribution in [-0.4, -0.2) is 16.7 Å². The maximum atomic E-state index is 11.6. The molecule has 1 aliphatic rings. The van der Waals surface area contributed by atoms with Gasteiger partial charge in [-0.1, -0.05) is 34.3 Å². The first-order chi connectivity index (χ1) is 6.98. The number of carbonyl (C=O) groups is 1. The Morgan fingerprint density at radius 1 is 1.73 bits per heavy atom. The van der Waals surface area contributed by atoms with Gasteiger partial charge in [0.25, 0.3) is 0 Å². The van der Waals surface area contributed by atoms with Crippen molar-refractivity contribution in [2.45, 2.75) is 25.9 Å². The molecule has 1 heterocycles. The van der Waals surface area contributed by atoms with Crippen LogP contribution in [0.15, 0.2) is 24.0 Å². The molecular formula is C12H13BrO2. The van der Waals surface area contributed by atoms with Gasteiger partial charge in [-0.25, -0.2) is 0 Å². The third-order valence-corrected chi connectivity index (χ3v) is 2.40. The van der Waals surface area contributed by atoms with Crippen LogP contribution in [0.25, 0.3) is 0 Å². The van der Waals surface area contributed by atoms with Crippen LogP contribution in [0, 0.1) is 11.8 Å². The molecule has 1 rings (SSSR count). The highest BCUT2D eigenvalue weighted by atomic mass is 79.9. The molecule has 0 aromatic rings. The second-order valence-electron chi connectivity index (χ2n) is 3.67. The van der Waals surface area contributed by atoms with Crippen LogP contribution in [0.5, 0.6) is 0 Å². The quantitative estimate of drug-likeness (QED) is 0.569. The number of ketones is 1. The molecule has 0 spiro atoms. The van der Waals surface area contributed by atoms with Crippen molar-refractivity contribution in [3.8, 4) is 11.8 Å². The van der Waals surface area contributed by atoms with Crippen molar-refractivity contribution in [3.05, 3.63) is 24.0 Å². The first-order valence-corrected chi connectivity index (χ1v) is 5.74. The Bertz CT molecular complexity index is 384. The molecule has 3 heteroatoms. The van der Waals surface area contributed by atoms with Crippen LogP contribution >= 0.6 is 15.9 Å². The molecule has 1 unspecified atom stereocenters. The molecule has 0 aliphatic carbocycles. The van der Waals surface area contributed by atoms with E-state index in [1.807, 2.05) is 0 Å². The number of allylic oxidation sites excluding steroid dienone is 1. The van der Waals surface area contributed by atoms with E-state index < -0.39 is 5.60 Å². The molecule has 2 nitrogen and oxygen atoms in total.